The Hall–Kier alpha value is -0.860. The van der Waals surface area contributed by atoms with Gasteiger partial charge in [0.2, 0.25) is 0 Å². The average Bonchev–Trinajstić information content (AvgIpc) is 2.19. The van der Waals surface area contributed by atoms with Crippen LogP contribution in [-0.4, -0.2) is 19.2 Å². The van der Waals surface area contributed by atoms with E-state index in [1.54, 1.807) is 0 Å². The van der Waals surface area contributed by atoms with Crippen LogP contribution in [0.15, 0.2) is 12.1 Å². The molecule has 0 spiro atoms. The van der Waals surface area contributed by atoms with Crippen molar-refractivity contribution in [1.29, 1.82) is 0 Å². The van der Waals surface area contributed by atoms with E-state index in [0.29, 0.717) is 6.04 Å². The zero-order valence-electron chi connectivity index (χ0n) is 10.6. The van der Waals surface area contributed by atoms with Crippen LogP contribution in [0.1, 0.15) is 35.3 Å². The average molecular weight is 219 g/mol. The van der Waals surface area contributed by atoms with Crippen molar-refractivity contribution >= 4 is 0 Å². The zero-order valence-corrected chi connectivity index (χ0v) is 10.6. The van der Waals surface area contributed by atoms with E-state index in [0.717, 1.165) is 13.2 Å². The van der Waals surface area contributed by atoms with Crippen LogP contribution in [0, 0.1) is 20.8 Å². The molecule has 0 bridgehead atoms. The molecule has 2 heteroatoms. The molecule has 1 fully saturated rings. The number of rotatable bonds is 1. The molecule has 1 aromatic rings. The second-order valence-electron chi connectivity index (χ2n) is 4.94. The lowest BCUT2D eigenvalue weighted by molar-refractivity contribution is 0.00626. The minimum Gasteiger partial charge on any atom is -0.371 e. The summed E-state index contributed by atoms with van der Waals surface area (Å²) in [5.74, 6) is 0. The van der Waals surface area contributed by atoms with Crippen molar-refractivity contribution in [3.05, 3.63) is 34.4 Å². The molecule has 0 amide bonds. The monoisotopic (exact) mass is 219 g/mol. The lowest BCUT2D eigenvalue weighted by Gasteiger charge is -2.30. The maximum absolute atomic E-state index is 5.92. The van der Waals surface area contributed by atoms with Crippen LogP contribution in [0.25, 0.3) is 0 Å². The largest absolute Gasteiger partial charge is 0.371 e. The van der Waals surface area contributed by atoms with Crippen LogP contribution in [0.5, 0.6) is 0 Å². The summed E-state index contributed by atoms with van der Waals surface area (Å²) in [7, 11) is 0. The number of ether oxygens (including phenoxy) is 1. The molecular weight excluding hydrogens is 198 g/mol. The van der Waals surface area contributed by atoms with Gasteiger partial charge in [-0.15, -0.1) is 0 Å². The first-order chi connectivity index (χ1) is 7.58. The third-order valence-electron chi connectivity index (χ3n) is 3.26. The molecule has 1 heterocycles. The maximum Gasteiger partial charge on any atom is 0.0955 e. The zero-order chi connectivity index (χ0) is 11.7. The summed E-state index contributed by atoms with van der Waals surface area (Å²) in [5, 5.41) is 3.47. The lowest BCUT2D eigenvalue weighted by Crippen LogP contribution is -2.41. The van der Waals surface area contributed by atoms with E-state index in [4.69, 9.17) is 4.74 Å². The van der Waals surface area contributed by atoms with Crippen molar-refractivity contribution in [3.8, 4) is 0 Å². The van der Waals surface area contributed by atoms with Gasteiger partial charge in [-0.25, -0.2) is 0 Å². The van der Waals surface area contributed by atoms with Crippen molar-refractivity contribution in [2.75, 3.05) is 13.2 Å². The van der Waals surface area contributed by atoms with E-state index in [1.807, 2.05) is 0 Å². The molecule has 16 heavy (non-hydrogen) atoms. The number of morpholine rings is 1. The summed E-state index contributed by atoms with van der Waals surface area (Å²) in [5.41, 5.74) is 5.39. The third kappa shape index (κ3) is 2.28. The predicted octanol–water partition coefficient (Wildman–Crippen LogP) is 2.66. The van der Waals surface area contributed by atoms with Crippen LogP contribution in [0.3, 0.4) is 0 Å². The summed E-state index contributed by atoms with van der Waals surface area (Å²) < 4.78 is 5.92. The highest BCUT2D eigenvalue weighted by Crippen LogP contribution is 2.27. The van der Waals surface area contributed by atoms with Crippen molar-refractivity contribution in [2.45, 2.75) is 39.8 Å². The van der Waals surface area contributed by atoms with E-state index in [1.165, 1.54) is 22.3 Å². The van der Waals surface area contributed by atoms with Gasteiger partial charge in [-0.1, -0.05) is 17.7 Å². The Bertz CT molecular complexity index is 355. The molecule has 1 saturated heterocycles. The van der Waals surface area contributed by atoms with E-state index in [2.05, 4.69) is 45.1 Å². The van der Waals surface area contributed by atoms with Gasteiger partial charge < -0.3 is 10.1 Å². The summed E-state index contributed by atoms with van der Waals surface area (Å²) in [6.45, 7) is 10.4. The highest BCUT2D eigenvalue weighted by molar-refractivity contribution is 5.39. The van der Waals surface area contributed by atoms with E-state index < -0.39 is 0 Å². The van der Waals surface area contributed by atoms with Crippen LogP contribution in [0.2, 0.25) is 0 Å². The maximum atomic E-state index is 5.92. The number of aryl methyl sites for hydroxylation is 3. The Morgan fingerprint density at radius 3 is 2.31 bits per heavy atom. The Kier molecular flexibility index (Phi) is 3.31. The Morgan fingerprint density at radius 1 is 1.19 bits per heavy atom. The molecular formula is C14H21NO. The van der Waals surface area contributed by atoms with Gasteiger partial charge in [-0.05, 0) is 44.4 Å². The fourth-order valence-corrected chi connectivity index (χ4v) is 2.57. The first kappa shape index (κ1) is 11.6. The van der Waals surface area contributed by atoms with Gasteiger partial charge in [0.25, 0.3) is 0 Å². The highest BCUT2D eigenvalue weighted by atomic mass is 16.5. The Balaban J connectivity index is 2.26. The van der Waals surface area contributed by atoms with Gasteiger partial charge in [0.05, 0.1) is 12.7 Å². The van der Waals surface area contributed by atoms with E-state index >= 15 is 0 Å². The van der Waals surface area contributed by atoms with Crippen LogP contribution >= 0.6 is 0 Å². The van der Waals surface area contributed by atoms with Gasteiger partial charge in [0.15, 0.2) is 0 Å². The van der Waals surface area contributed by atoms with Gasteiger partial charge >= 0.3 is 0 Å². The first-order valence-electron chi connectivity index (χ1n) is 6.00. The van der Waals surface area contributed by atoms with Crippen LogP contribution < -0.4 is 5.32 Å². The minimum atomic E-state index is 0.219. The van der Waals surface area contributed by atoms with Gasteiger partial charge in [0, 0.05) is 12.6 Å². The van der Waals surface area contributed by atoms with Crippen molar-refractivity contribution in [1.82, 2.24) is 5.32 Å². The molecule has 0 radical (unpaired) electrons. The molecule has 0 saturated carbocycles. The molecule has 88 valence electrons. The summed E-state index contributed by atoms with van der Waals surface area (Å²) in [6, 6.07) is 4.95. The molecule has 1 aromatic carbocycles. The normalized spacial score (nSPS) is 25.8. The van der Waals surface area contributed by atoms with E-state index in [-0.39, 0.29) is 6.10 Å². The van der Waals surface area contributed by atoms with Gasteiger partial charge in [0.1, 0.15) is 0 Å². The number of hydrogen-bond acceptors (Lipinski definition) is 2. The molecule has 1 N–H and O–H groups in total. The van der Waals surface area contributed by atoms with Gasteiger partial charge in [-0.2, -0.15) is 0 Å². The highest BCUT2D eigenvalue weighted by Gasteiger charge is 2.22. The minimum absolute atomic E-state index is 0.219. The molecule has 2 atom stereocenters. The van der Waals surface area contributed by atoms with E-state index in [9.17, 15) is 0 Å². The number of hydrogen-bond donors (Lipinski definition) is 1. The standard InChI is InChI=1S/C14H21NO/c1-9-5-10(2)14(11(3)6-9)13-7-15-12(4)8-16-13/h5-6,12-13,15H,7-8H2,1-4H3. The van der Waals surface area contributed by atoms with Crippen molar-refractivity contribution < 1.29 is 4.74 Å². The van der Waals surface area contributed by atoms with Crippen LogP contribution in [-0.2, 0) is 4.74 Å². The molecule has 1 aliphatic heterocycles. The molecule has 0 aromatic heterocycles. The molecule has 1 aliphatic rings. The van der Waals surface area contributed by atoms with Crippen molar-refractivity contribution in [3.63, 3.8) is 0 Å². The molecule has 2 rings (SSSR count). The summed E-state index contributed by atoms with van der Waals surface area (Å²) in [4.78, 5) is 0. The number of benzene rings is 1. The fraction of sp³-hybridized carbons (Fsp3) is 0.571. The Morgan fingerprint density at radius 2 is 1.81 bits per heavy atom. The topological polar surface area (TPSA) is 21.3 Å². The molecule has 2 nitrogen and oxygen atoms in total. The second-order valence-corrected chi connectivity index (χ2v) is 4.94. The number of nitrogens with one attached hydrogen (secondary N) is 1. The predicted molar refractivity (Wildman–Crippen MR) is 66.8 cm³/mol. The van der Waals surface area contributed by atoms with Crippen molar-refractivity contribution in [2.24, 2.45) is 0 Å². The first-order valence-corrected chi connectivity index (χ1v) is 6.00. The molecule has 2 unspecified atom stereocenters. The van der Waals surface area contributed by atoms with Crippen LogP contribution in [0.4, 0.5) is 0 Å². The quantitative estimate of drug-likeness (QED) is 0.784. The SMILES string of the molecule is Cc1cc(C)c(C2CNC(C)CO2)c(C)c1. The summed E-state index contributed by atoms with van der Waals surface area (Å²) in [6.07, 6.45) is 0.219. The van der Waals surface area contributed by atoms with Gasteiger partial charge in [-0.3, -0.25) is 0 Å². The fourth-order valence-electron chi connectivity index (χ4n) is 2.57. The second kappa shape index (κ2) is 4.56. The third-order valence-corrected chi connectivity index (χ3v) is 3.26. The smallest absolute Gasteiger partial charge is 0.0955 e. The Labute approximate surface area is 98.0 Å². The summed E-state index contributed by atoms with van der Waals surface area (Å²) >= 11 is 0. The molecule has 0 aliphatic carbocycles. The lowest BCUT2D eigenvalue weighted by atomic mass is 9.95.